The van der Waals surface area contributed by atoms with Crippen molar-refractivity contribution in [1.82, 2.24) is 14.5 Å². The molecule has 0 spiro atoms. The molecule has 2 aromatic carbocycles. The maximum atomic E-state index is 14.6. The van der Waals surface area contributed by atoms with Crippen LogP contribution in [-0.2, 0) is 10.4 Å². The summed E-state index contributed by atoms with van der Waals surface area (Å²) in [7, 11) is 2.80. The van der Waals surface area contributed by atoms with Gasteiger partial charge in [-0.15, -0.1) is 0 Å². The molecule has 1 aliphatic heterocycles. The fourth-order valence-corrected chi connectivity index (χ4v) is 5.24. The lowest BCUT2D eigenvalue weighted by atomic mass is 9.82. The highest BCUT2D eigenvalue weighted by atomic mass is 35.5. The minimum Gasteiger partial charge on any atom is -0.479 e. The van der Waals surface area contributed by atoms with Crippen LogP contribution in [0.3, 0.4) is 0 Å². The summed E-state index contributed by atoms with van der Waals surface area (Å²) in [6.45, 7) is 3.65. The van der Waals surface area contributed by atoms with Gasteiger partial charge in [0, 0.05) is 38.8 Å². The van der Waals surface area contributed by atoms with Crippen LogP contribution in [0, 0.1) is 5.82 Å². The van der Waals surface area contributed by atoms with E-state index in [0.717, 1.165) is 6.07 Å². The molecule has 5 rings (SSSR count). The van der Waals surface area contributed by atoms with E-state index >= 15 is 0 Å². The molecular weight excluding hydrogens is 576 g/mol. The van der Waals surface area contributed by atoms with Gasteiger partial charge >= 0.3 is 6.01 Å². The molecule has 0 saturated carbocycles. The topological polar surface area (TPSA) is 128 Å². The van der Waals surface area contributed by atoms with Crippen LogP contribution < -0.4 is 20.1 Å². The number of amides is 2. The summed E-state index contributed by atoms with van der Waals surface area (Å²) in [5, 5.41) is 17.9. The zero-order valence-electron chi connectivity index (χ0n) is 22.3. The monoisotopic (exact) mass is 599 g/mol. The van der Waals surface area contributed by atoms with Gasteiger partial charge in [-0.3, -0.25) is 9.59 Å². The molecule has 4 aromatic rings. The van der Waals surface area contributed by atoms with Crippen LogP contribution in [0.25, 0.3) is 5.69 Å². The number of nitrogens with zero attached hydrogens (tertiary/aromatic N) is 3. The highest BCUT2D eigenvalue weighted by Gasteiger charge is 2.51. The molecule has 13 heteroatoms. The molecular formula is C28H24Cl2FN5O5. The fraction of sp³-hybridized carbons (Fsp3) is 0.214. The molecule has 0 fully saturated rings. The van der Waals surface area contributed by atoms with E-state index in [1.165, 1.54) is 56.9 Å². The Morgan fingerprint density at radius 3 is 2.54 bits per heavy atom. The number of carbonyl (C=O) groups is 2. The van der Waals surface area contributed by atoms with Crippen molar-refractivity contribution >= 4 is 46.4 Å². The van der Waals surface area contributed by atoms with E-state index in [1.807, 2.05) is 13.8 Å². The Kier molecular flexibility index (Phi) is 7.37. The Morgan fingerprint density at radius 2 is 1.85 bits per heavy atom. The second-order valence-electron chi connectivity index (χ2n) is 9.51. The van der Waals surface area contributed by atoms with Crippen molar-refractivity contribution in [2.75, 3.05) is 24.9 Å². The average molecular weight is 600 g/mol. The summed E-state index contributed by atoms with van der Waals surface area (Å²) in [5.74, 6) is -2.61. The molecule has 3 heterocycles. The summed E-state index contributed by atoms with van der Waals surface area (Å²) in [4.78, 5) is 35.8. The van der Waals surface area contributed by atoms with Crippen LogP contribution in [-0.4, -0.2) is 45.7 Å². The van der Waals surface area contributed by atoms with Gasteiger partial charge in [-0.05, 0) is 36.2 Å². The van der Waals surface area contributed by atoms with E-state index in [4.69, 9.17) is 32.7 Å². The van der Waals surface area contributed by atoms with Gasteiger partial charge < -0.3 is 29.8 Å². The number of aliphatic hydroxyl groups is 1. The number of aromatic nitrogens is 3. The largest absolute Gasteiger partial charge is 0.479 e. The standard InChI is InChI=1S/C28H24Cl2FN5O5/c1-13(2)23-22(28(39)17-7-5-14(29)9-19(17)34-26(28)38)16(24(37)33-20-10-15(30)6-8-18(20)31)12-36(23)21-11-32-27(41-4)35-25(21)40-3/h5-13,39H,1-4H3,(H,33,37)(H,34,38). The molecule has 0 bridgehead atoms. The first-order chi connectivity index (χ1) is 19.5. The Hall–Kier alpha value is -4.19. The van der Waals surface area contributed by atoms with Crippen LogP contribution in [0.1, 0.15) is 46.9 Å². The molecule has 10 nitrogen and oxygen atoms in total. The first kappa shape index (κ1) is 28.3. The summed E-state index contributed by atoms with van der Waals surface area (Å²) in [5.41, 5.74) is -1.52. The number of carbonyl (C=O) groups excluding carboxylic acids is 2. The Bertz CT molecular complexity index is 1710. The summed E-state index contributed by atoms with van der Waals surface area (Å²) in [6, 6.07) is 8.28. The zero-order valence-corrected chi connectivity index (χ0v) is 23.8. The summed E-state index contributed by atoms with van der Waals surface area (Å²) < 4.78 is 26.8. The normalized spacial score (nSPS) is 16.0. The van der Waals surface area contributed by atoms with Crippen molar-refractivity contribution in [2.24, 2.45) is 0 Å². The zero-order chi connectivity index (χ0) is 29.6. The van der Waals surface area contributed by atoms with Crippen molar-refractivity contribution in [2.45, 2.75) is 25.4 Å². The van der Waals surface area contributed by atoms with Crippen molar-refractivity contribution in [3.05, 3.63) is 87.0 Å². The molecule has 1 aliphatic rings. The maximum Gasteiger partial charge on any atom is 0.319 e. The quantitative estimate of drug-likeness (QED) is 0.263. The van der Waals surface area contributed by atoms with Gasteiger partial charge in [0.1, 0.15) is 11.5 Å². The Balaban J connectivity index is 1.81. The van der Waals surface area contributed by atoms with Crippen LogP contribution in [0.2, 0.25) is 10.0 Å². The van der Waals surface area contributed by atoms with Gasteiger partial charge in [-0.1, -0.05) is 43.1 Å². The molecule has 212 valence electrons. The van der Waals surface area contributed by atoms with Crippen LogP contribution >= 0.6 is 23.2 Å². The molecule has 0 radical (unpaired) electrons. The SMILES string of the molecule is COc1ncc(-n2cc(C(=O)Nc3cc(Cl)ccc3F)c(C3(O)C(=O)Nc4cc(Cl)ccc43)c2C(C)C)c(OC)n1. The van der Waals surface area contributed by atoms with Gasteiger partial charge in [0.2, 0.25) is 5.88 Å². The van der Waals surface area contributed by atoms with Crippen LogP contribution in [0.4, 0.5) is 15.8 Å². The number of hydrogen-bond acceptors (Lipinski definition) is 7. The van der Waals surface area contributed by atoms with Crippen molar-refractivity contribution < 1.29 is 28.6 Å². The van der Waals surface area contributed by atoms with E-state index in [-0.39, 0.29) is 50.9 Å². The number of halogens is 3. The Morgan fingerprint density at radius 1 is 1.15 bits per heavy atom. The highest BCUT2D eigenvalue weighted by Crippen LogP contribution is 2.47. The molecule has 41 heavy (non-hydrogen) atoms. The summed E-state index contributed by atoms with van der Waals surface area (Å²) in [6.07, 6.45) is 2.83. The van der Waals surface area contributed by atoms with E-state index in [9.17, 15) is 19.1 Å². The number of nitrogens with one attached hydrogen (secondary N) is 2. The number of fused-ring (bicyclic) bond motifs is 1. The highest BCUT2D eigenvalue weighted by molar-refractivity contribution is 6.31. The third-order valence-corrected chi connectivity index (χ3v) is 7.14. The second kappa shape index (κ2) is 10.7. The van der Waals surface area contributed by atoms with E-state index in [0.29, 0.717) is 16.4 Å². The Labute approximate surface area is 244 Å². The number of benzene rings is 2. The van der Waals surface area contributed by atoms with E-state index in [2.05, 4.69) is 20.6 Å². The number of methoxy groups -OCH3 is 2. The van der Waals surface area contributed by atoms with Crippen LogP contribution in [0.5, 0.6) is 11.9 Å². The van der Waals surface area contributed by atoms with Gasteiger partial charge in [0.05, 0.1) is 31.7 Å². The lowest BCUT2D eigenvalue weighted by Gasteiger charge is -2.26. The fourth-order valence-electron chi connectivity index (χ4n) is 4.90. The lowest BCUT2D eigenvalue weighted by molar-refractivity contribution is -0.129. The molecule has 1 atom stereocenters. The predicted molar refractivity (Wildman–Crippen MR) is 151 cm³/mol. The van der Waals surface area contributed by atoms with Gasteiger partial charge in [-0.2, -0.15) is 4.98 Å². The molecule has 2 amide bonds. The molecule has 0 aliphatic carbocycles. The van der Waals surface area contributed by atoms with Crippen molar-refractivity contribution in [1.29, 1.82) is 0 Å². The van der Waals surface area contributed by atoms with Gasteiger partial charge in [0.15, 0.2) is 5.60 Å². The van der Waals surface area contributed by atoms with Crippen molar-refractivity contribution in [3.8, 4) is 17.6 Å². The average Bonchev–Trinajstić information content (AvgIpc) is 3.46. The third kappa shape index (κ3) is 4.75. The number of rotatable bonds is 7. The maximum absolute atomic E-state index is 14.6. The first-order valence-electron chi connectivity index (χ1n) is 12.3. The molecule has 2 aromatic heterocycles. The van der Waals surface area contributed by atoms with Crippen LogP contribution in [0.15, 0.2) is 48.8 Å². The minimum absolute atomic E-state index is 0.0242. The van der Waals surface area contributed by atoms with Gasteiger partial charge in [-0.25, -0.2) is 9.37 Å². The molecule has 3 N–H and O–H groups in total. The van der Waals surface area contributed by atoms with Gasteiger partial charge in [0.25, 0.3) is 11.8 Å². The van der Waals surface area contributed by atoms with E-state index in [1.54, 1.807) is 4.57 Å². The molecule has 0 saturated heterocycles. The number of anilines is 2. The number of hydrogen-bond donors (Lipinski definition) is 3. The number of ether oxygens (including phenoxy) is 2. The second-order valence-corrected chi connectivity index (χ2v) is 10.4. The smallest absolute Gasteiger partial charge is 0.319 e. The first-order valence-corrected chi connectivity index (χ1v) is 13.1. The minimum atomic E-state index is -2.33. The lowest BCUT2D eigenvalue weighted by Crippen LogP contribution is -2.38. The van der Waals surface area contributed by atoms with E-state index < -0.39 is 23.2 Å². The molecule has 1 unspecified atom stereocenters. The van der Waals surface area contributed by atoms with Crippen molar-refractivity contribution in [3.63, 3.8) is 0 Å². The third-order valence-electron chi connectivity index (χ3n) is 6.67. The predicted octanol–water partition coefficient (Wildman–Crippen LogP) is 5.29. The summed E-state index contributed by atoms with van der Waals surface area (Å²) >= 11 is 12.2.